The summed E-state index contributed by atoms with van der Waals surface area (Å²) in [5, 5.41) is 13.6. The molecule has 0 radical (unpaired) electrons. The highest BCUT2D eigenvalue weighted by Gasteiger charge is 2.35. The largest absolute Gasteiger partial charge is 0.388 e. The van der Waals surface area contributed by atoms with E-state index in [2.05, 4.69) is 19.2 Å². The van der Waals surface area contributed by atoms with Crippen molar-refractivity contribution in [3.63, 3.8) is 0 Å². The van der Waals surface area contributed by atoms with Crippen LogP contribution < -0.4 is 5.32 Å². The van der Waals surface area contributed by atoms with Gasteiger partial charge in [0, 0.05) is 6.04 Å². The second kappa shape index (κ2) is 4.24. The van der Waals surface area contributed by atoms with Gasteiger partial charge in [0.15, 0.2) is 0 Å². The van der Waals surface area contributed by atoms with Crippen molar-refractivity contribution in [1.82, 2.24) is 5.32 Å². The first kappa shape index (κ1) is 10.0. The predicted octanol–water partition coefficient (Wildman–Crippen LogP) is 1.68. The normalized spacial score (nSPS) is 28.8. The van der Waals surface area contributed by atoms with Crippen LogP contribution in [0.25, 0.3) is 0 Å². The van der Waals surface area contributed by atoms with Gasteiger partial charge in [-0.1, -0.05) is 20.3 Å². The molecule has 1 aliphatic heterocycles. The molecule has 2 N–H and O–H groups in total. The molecule has 0 aromatic carbocycles. The van der Waals surface area contributed by atoms with E-state index in [-0.39, 0.29) is 0 Å². The summed E-state index contributed by atoms with van der Waals surface area (Å²) in [6.07, 6.45) is 5.24. The Kier molecular flexibility index (Phi) is 3.53. The van der Waals surface area contributed by atoms with E-state index >= 15 is 0 Å². The van der Waals surface area contributed by atoms with E-state index in [1.54, 1.807) is 0 Å². The Labute approximate surface area is 75.4 Å². The number of hydrogen-bond donors (Lipinski definition) is 2. The molecule has 1 aliphatic rings. The van der Waals surface area contributed by atoms with Crippen molar-refractivity contribution < 1.29 is 5.11 Å². The van der Waals surface area contributed by atoms with E-state index in [1.165, 1.54) is 6.42 Å². The van der Waals surface area contributed by atoms with Crippen LogP contribution in [0.5, 0.6) is 0 Å². The van der Waals surface area contributed by atoms with Gasteiger partial charge >= 0.3 is 0 Å². The zero-order valence-corrected chi connectivity index (χ0v) is 8.27. The maximum absolute atomic E-state index is 10.3. The van der Waals surface area contributed by atoms with Crippen molar-refractivity contribution >= 4 is 0 Å². The van der Waals surface area contributed by atoms with Crippen LogP contribution in [0.4, 0.5) is 0 Å². The third kappa shape index (κ3) is 1.99. The van der Waals surface area contributed by atoms with E-state index < -0.39 is 5.60 Å². The van der Waals surface area contributed by atoms with Gasteiger partial charge < -0.3 is 10.4 Å². The third-order valence-electron chi connectivity index (χ3n) is 3.00. The van der Waals surface area contributed by atoms with Crippen molar-refractivity contribution in [1.29, 1.82) is 0 Å². The van der Waals surface area contributed by atoms with Gasteiger partial charge in [0.1, 0.15) is 0 Å². The first-order chi connectivity index (χ1) is 5.73. The highest BCUT2D eigenvalue weighted by Crippen LogP contribution is 2.26. The van der Waals surface area contributed by atoms with E-state index in [1.807, 2.05) is 0 Å². The molecule has 0 aromatic rings. The van der Waals surface area contributed by atoms with E-state index in [4.69, 9.17) is 0 Å². The average molecular weight is 171 g/mol. The Balaban J connectivity index is 2.51. The van der Waals surface area contributed by atoms with Gasteiger partial charge in [-0.05, 0) is 32.2 Å². The van der Waals surface area contributed by atoms with Crippen LogP contribution in [-0.2, 0) is 0 Å². The molecule has 1 saturated heterocycles. The van der Waals surface area contributed by atoms with Crippen LogP contribution >= 0.6 is 0 Å². The molecule has 0 saturated carbocycles. The van der Waals surface area contributed by atoms with Crippen LogP contribution in [0.1, 0.15) is 46.0 Å². The number of rotatable bonds is 4. The third-order valence-corrected chi connectivity index (χ3v) is 3.00. The van der Waals surface area contributed by atoms with Gasteiger partial charge in [-0.2, -0.15) is 0 Å². The maximum atomic E-state index is 10.3. The van der Waals surface area contributed by atoms with Crippen LogP contribution in [0.15, 0.2) is 0 Å². The second-order valence-corrected chi connectivity index (χ2v) is 3.86. The lowest BCUT2D eigenvalue weighted by atomic mass is 9.86. The minimum absolute atomic E-state index is 0.349. The first-order valence-electron chi connectivity index (χ1n) is 5.18. The lowest BCUT2D eigenvalue weighted by molar-refractivity contribution is -0.00485. The van der Waals surface area contributed by atoms with Crippen LogP contribution in [0, 0.1) is 0 Å². The number of hydrogen-bond acceptors (Lipinski definition) is 2. The van der Waals surface area contributed by atoms with Gasteiger partial charge in [-0.3, -0.25) is 0 Å². The molecule has 0 bridgehead atoms. The Bertz CT molecular complexity index is 132. The Morgan fingerprint density at radius 1 is 1.50 bits per heavy atom. The fourth-order valence-electron chi connectivity index (χ4n) is 2.17. The molecule has 2 unspecified atom stereocenters. The summed E-state index contributed by atoms with van der Waals surface area (Å²) in [6, 6.07) is 0.349. The lowest BCUT2D eigenvalue weighted by Crippen LogP contribution is -2.47. The fraction of sp³-hybridized carbons (Fsp3) is 1.00. The zero-order valence-electron chi connectivity index (χ0n) is 8.27. The number of aliphatic hydroxyl groups is 1. The molecule has 2 atom stereocenters. The van der Waals surface area contributed by atoms with E-state index in [0.29, 0.717) is 6.04 Å². The molecule has 0 aliphatic carbocycles. The highest BCUT2D eigenvalue weighted by molar-refractivity contribution is 4.93. The molecular weight excluding hydrogens is 150 g/mol. The van der Waals surface area contributed by atoms with Crippen LogP contribution in [0.2, 0.25) is 0 Å². The summed E-state index contributed by atoms with van der Waals surface area (Å²) in [5.74, 6) is 0. The topological polar surface area (TPSA) is 32.3 Å². The van der Waals surface area contributed by atoms with E-state index in [0.717, 1.165) is 32.2 Å². The minimum Gasteiger partial charge on any atom is -0.388 e. The molecule has 1 fully saturated rings. The van der Waals surface area contributed by atoms with Crippen molar-refractivity contribution in [2.24, 2.45) is 0 Å². The van der Waals surface area contributed by atoms with Crippen molar-refractivity contribution in [3.8, 4) is 0 Å². The molecule has 12 heavy (non-hydrogen) atoms. The molecule has 1 rings (SSSR count). The van der Waals surface area contributed by atoms with Gasteiger partial charge in [-0.25, -0.2) is 0 Å². The van der Waals surface area contributed by atoms with Gasteiger partial charge in [0.05, 0.1) is 5.60 Å². The van der Waals surface area contributed by atoms with Crippen LogP contribution in [-0.4, -0.2) is 23.3 Å². The molecule has 72 valence electrons. The summed E-state index contributed by atoms with van der Waals surface area (Å²) in [5.41, 5.74) is -0.439. The smallest absolute Gasteiger partial charge is 0.0797 e. The minimum atomic E-state index is -0.439. The van der Waals surface area contributed by atoms with Gasteiger partial charge in [-0.15, -0.1) is 0 Å². The van der Waals surface area contributed by atoms with E-state index in [9.17, 15) is 5.11 Å². The van der Waals surface area contributed by atoms with Crippen molar-refractivity contribution in [2.75, 3.05) is 6.54 Å². The Morgan fingerprint density at radius 3 is 2.67 bits per heavy atom. The zero-order chi connectivity index (χ0) is 9.03. The Morgan fingerprint density at radius 2 is 2.25 bits per heavy atom. The predicted molar refractivity (Wildman–Crippen MR) is 51.2 cm³/mol. The lowest BCUT2D eigenvalue weighted by Gasteiger charge is -2.33. The van der Waals surface area contributed by atoms with Crippen LogP contribution in [0.3, 0.4) is 0 Å². The molecular formula is C10H21NO. The summed E-state index contributed by atoms with van der Waals surface area (Å²) in [4.78, 5) is 0. The standard InChI is InChI=1S/C10H21NO/c1-3-7-10(12,4-2)9-6-5-8-11-9/h9,11-12H,3-8H2,1-2H3. The SMILES string of the molecule is CCCC(O)(CC)C1CCCN1. The quantitative estimate of drug-likeness (QED) is 0.674. The molecule has 0 amide bonds. The van der Waals surface area contributed by atoms with Crippen molar-refractivity contribution in [3.05, 3.63) is 0 Å². The summed E-state index contributed by atoms with van der Waals surface area (Å²) < 4.78 is 0. The van der Waals surface area contributed by atoms with Gasteiger partial charge in [0.25, 0.3) is 0 Å². The highest BCUT2D eigenvalue weighted by atomic mass is 16.3. The molecule has 1 heterocycles. The first-order valence-corrected chi connectivity index (χ1v) is 5.18. The molecule has 2 heteroatoms. The summed E-state index contributed by atoms with van der Waals surface area (Å²) in [6.45, 7) is 5.29. The summed E-state index contributed by atoms with van der Waals surface area (Å²) >= 11 is 0. The molecule has 0 spiro atoms. The second-order valence-electron chi connectivity index (χ2n) is 3.86. The Hall–Kier alpha value is -0.0800. The monoisotopic (exact) mass is 171 g/mol. The van der Waals surface area contributed by atoms with Gasteiger partial charge in [0.2, 0.25) is 0 Å². The average Bonchev–Trinajstić information content (AvgIpc) is 2.57. The molecule has 2 nitrogen and oxygen atoms in total. The van der Waals surface area contributed by atoms with Crippen molar-refractivity contribution in [2.45, 2.75) is 57.6 Å². The summed E-state index contributed by atoms with van der Waals surface area (Å²) in [7, 11) is 0. The maximum Gasteiger partial charge on any atom is 0.0797 e. The number of nitrogens with one attached hydrogen (secondary N) is 1. The molecule has 0 aromatic heterocycles. The fourth-order valence-corrected chi connectivity index (χ4v) is 2.17.